The van der Waals surface area contributed by atoms with Crippen molar-refractivity contribution in [2.45, 2.75) is 95.9 Å². The standard InChI is InChI=1S/C33H39NO3.C30H35NO3.C29H34N2O3/c35-23-6-9-31(26-7-2-1-3-8-26)32(27-10-14-29(36)15-11-27)28-12-16-30(17-13-28)37-24-22-34-21-20-33(25-34)18-4-5-19-33;1-31-20-5-9-26(31)19-22-34-28-17-13-25(14-18-28)30(24-11-15-27(33)16-12-24)29(10-6-21-32)23-7-3-2-4-8-23;32-21-4-7-28(23-5-2-1-3-6-23)29(24-8-12-26(33)13-9-24)25-10-14-27(15-11-25)34-22-20-31-18-16-30-17-19-31/h1-3,7-8,10-17,35-36H,4-6,9,18-25H2;2-4,7-8,11-18,26,32-33H,5-6,9-10,19-22H2,1H3;1-3,5-6,8-15,30,32-33H,4,7,16-22H2/b32-31-;30-29-;29-28-/t;26-;/m.1./s1. The molecule has 13 rings (SSSR count). The Balaban J connectivity index is 0.000000158. The number of piperazine rings is 1. The number of aromatic hydroxyl groups is 3. The molecule has 9 aromatic rings. The minimum Gasteiger partial charge on any atom is -0.508 e. The zero-order valence-electron chi connectivity index (χ0n) is 61.3. The Morgan fingerprint density at radius 1 is 0.381 bits per heavy atom. The Morgan fingerprint density at radius 2 is 0.724 bits per heavy atom. The summed E-state index contributed by atoms with van der Waals surface area (Å²) in [5, 5.41) is 61.7. The van der Waals surface area contributed by atoms with Crippen LogP contribution in [0.25, 0.3) is 33.4 Å². The summed E-state index contributed by atoms with van der Waals surface area (Å²) in [7, 11) is 2.20. The molecule has 1 aliphatic carbocycles. The average Bonchev–Trinajstić information content (AvgIpc) is 1.77. The zero-order chi connectivity index (χ0) is 72.8. The number of aliphatic hydroxyl groups is 3. The van der Waals surface area contributed by atoms with Gasteiger partial charge in [-0.1, -0.05) is 177 Å². The smallest absolute Gasteiger partial charge is 0.119 e. The lowest BCUT2D eigenvalue weighted by Gasteiger charge is -2.26. The summed E-state index contributed by atoms with van der Waals surface area (Å²) >= 11 is 0. The molecule has 0 aromatic heterocycles. The Bertz CT molecular complexity index is 4120. The van der Waals surface area contributed by atoms with E-state index in [1.807, 2.05) is 103 Å². The maximum atomic E-state index is 9.89. The van der Waals surface area contributed by atoms with E-state index in [4.69, 9.17) is 14.2 Å². The summed E-state index contributed by atoms with van der Waals surface area (Å²) in [4.78, 5) is 7.43. The zero-order valence-corrected chi connectivity index (χ0v) is 61.3. The molecule has 0 unspecified atom stereocenters. The second-order valence-corrected chi connectivity index (χ2v) is 28.3. The molecule has 7 N–H and O–H groups in total. The van der Waals surface area contributed by atoms with Gasteiger partial charge in [0, 0.05) is 71.7 Å². The monoisotopic (exact) mass is 1410 g/mol. The Morgan fingerprint density at radius 3 is 1.07 bits per heavy atom. The quantitative estimate of drug-likeness (QED) is 0.0213. The van der Waals surface area contributed by atoms with E-state index in [0.717, 1.165) is 156 Å². The highest BCUT2D eigenvalue weighted by atomic mass is 16.5. The van der Waals surface area contributed by atoms with Gasteiger partial charge in [-0.05, 0) is 259 Å². The minimum absolute atomic E-state index is 0.138. The molecule has 13 heteroatoms. The highest BCUT2D eigenvalue weighted by Crippen LogP contribution is 2.46. The first-order valence-corrected chi connectivity index (χ1v) is 38.2. The van der Waals surface area contributed by atoms with Crippen molar-refractivity contribution in [1.29, 1.82) is 0 Å². The molecular formula is C92H108N4O9. The van der Waals surface area contributed by atoms with Gasteiger partial charge in [-0.15, -0.1) is 0 Å². The van der Waals surface area contributed by atoms with Gasteiger partial charge in [-0.2, -0.15) is 0 Å². The van der Waals surface area contributed by atoms with Crippen molar-refractivity contribution in [2.24, 2.45) is 5.41 Å². The molecule has 1 spiro atoms. The molecule has 3 saturated heterocycles. The van der Waals surface area contributed by atoms with Gasteiger partial charge in [-0.3, -0.25) is 9.80 Å². The summed E-state index contributed by atoms with van der Waals surface area (Å²) in [6.45, 7) is 12.3. The fourth-order valence-corrected chi connectivity index (χ4v) is 15.4. The number of hydrogen-bond donors (Lipinski definition) is 7. The van der Waals surface area contributed by atoms with Crippen LogP contribution in [0, 0.1) is 5.41 Å². The van der Waals surface area contributed by atoms with E-state index in [0.29, 0.717) is 43.9 Å². The van der Waals surface area contributed by atoms with Gasteiger partial charge in [0.05, 0.1) is 6.61 Å². The molecule has 105 heavy (non-hydrogen) atoms. The summed E-state index contributed by atoms with van der Waals surface area (Å²) in [5.74, 6) is 3.37. The number of phenolic OH excluding ortho intramolecular Hbond substituents is 3. The van der Waals surface area contributed by atoms with E-state index in [9.17, 15) is 30.6 Å². The predicted octanol–water partition coefficient (Wildman–Crippen LogP) is 17.2. The van der Waals surface area contributed by atoms with Crippen LogP contribution < -0.4 is 19.5 Å². The van der Waals surface area contributed by atoms with Crippen LogP contribution in [0.3, 0.4) is 0 Å². The molecule has 1 saturated carbocycles. The van der Waals surface area contributed by atoms with Gasteiger partial charge < -0.3 is 55.1 Å². The number of phenols is 3. The summed E-state index contributed by atoms with van der Waals surface area (Å²) < 4.78 is 18.3. The number of benzene rings is 9. The van der Waals surface area contributed by atoms with Crippen LogP contribution in [0.5, 0.6) is 34.5 Å². The Hall–Kier alpha value is -9.28. The van der Waals surface area contributed by atoms with Gasteiger partial charge >= 0.3 is 0 Å². The number of aliphatic hydroxyl groups excluding tert-OH is 3. The number of likely N-dealkylation sites (tertiary alicyclic amines) is 2. The van der Waals surface area contributed by atoms with Gasteiger partial charge in [-0.25, -0.2) is 0 Å². The minimum atomic E-state index is 0.138. The maximum Gasteiger partial charge on any atom is 0.119 e. The largest absolute Gasteiger partial charge is 0.508 e. The second-order valence-electron chi connectivity index (χ2n) is 28.3. The predicted molar refractivity (Wildman–Crippen MR) is 428 cm³/mol. The van der Waals surface area contributed by atoms with Crippen LogP contribution in [0.15, 0.2) is 237 Å². The van der Waals surface area contributed by atoms with Crippen LogP contribution in [0.2, 0.25) is 0 Å². The molecule has 9 aromatic carbocycles. The normalized spacial score (nSPS) is 16.6. The molecule has 1 atom stereocenters. The van der Waals surface area contributed by atoms with Crippen LogP contribution in [-0.2, 0) is 0 Å². The topological polar surface area (TPSA) is 171 Å². The van der Waals surface area contributed by atoms with Crippen molar-refractivity contribution in [3.63, 3.8) is 0 Å². The summed E-state index contributed by atoms with van der Waals surface area (Å²) in [6.07, 6.45) is 14.9. The summed E-state index contributed by atoms with van der Waals surface area (Å²) in [6, 6.07) is 78.7. The molecule has 550 valence electrons. The molecule has 13 nitrogen and oxygen atoms in total. The first-order chi connectivity index (χ1) is 51.5. The first kappa shape index (κ1) is 76.8. The number of allylic oxidation sites excluding steroid dienone is 3. The number of nitrogens with one attached hydrogen (secondary N) is 1. The van der Waals surface area contributed by atoms with Crippen LogP contribution in [0.1, 0.15) is 140 Å². The molecule has 3 heterocycles. The Labute approximate surface area is 623 Å². The third-order valence-electron chi connectivity index (χ3n) is 21.1. The lowest BCUT2D eigenvalue weighted by Crippen LogP contribution is -2.44. The molecule has 4 fully saturated rings. The van der Waals surface area contributed by atoms with Gasteiger partial charge in [0.25, 0.3) is 0 Å². The maximum absolute atomic E-state index is 9.89. The SMILES string of the molecule is CN1CCC[C@@H]1CCOc1ccc(/C(=C(/CCCO)c2ccccc2)c2ccc(O)cc2)cc1.OCCC/C(=C(\c1ccc(O)cc1)c1ccc(OCCN2CCC3(CCCC3)C2)cc1)c1ccccc1.OCCC/C(=C(\c1ccc(O)cc1)c1ccc(OCCN2CCNCC2)cc1)c1ccccc1. The number of hydrogen-bond acceptors (Lipinski definition) is 13. The van der Waals surface area contributed by atoms with Gasteiger partial charge in [0.1, 0.15) is 47.7 Å². The molecular weight excluding hydrogens is 1310 g/mol. The van der Waals surface area contributed by atoms with E-state index in [1.165, 1.54) is 81.3 Å². The fourth-order valence-electron chi connectivity index (χ4n) is 15.4. The van der Waals surface area contributed by atoms with E-state index in [2.05, 4.69) is 124 Å². The van der Waals surface area contributed by atoms with Crippen molar-refractivity contribution in [3.05, 3.63) is 287 Å². The van der Waals surface area contributed by atoms with Crippen LogP contribution in [0.4, 0.5) is 0 Å². The highest BCUT2D eigenvalue weighted by molar-refractivity contribution is 6.01. The van der Waals surface area contributed by atoms with E-state index in [1.54, 1.807) is 36.4 Å². The van der Waals surface area contributed by atoms with E-state index in [-0.39, 0.29) is 37.1 Å². The molecule has 3 aliphatic heterocycles. The van der Waals surface area contributed by atoms with Crippen molar-refractivity contribution in [1.82, 2.24) is 20.0 Å². The van der Waals surface area contributed by atoms with Crippen molar-refractivity contribution in [2.75, 3.05) is 106 Å². The lowest BCUT2D eigenvalue weighted by molar-refractivity contribution is 0.191. The fraction of sp³-hybridized carbons (Fsp3) is 0.348. The summed E-state index contributed by atoms with van der Waals surface area (Å²) in [5.41, 5.74) is 17.3. The molecule has 0 bridgehead atoms. The second kappa shape index (κ2) is 40.3. The van der Waals surface area contributed by atoms with Crippen LogP contribution in [-0.4, -0.2) is 157 Å². The van der Waals surface area contributed by atoms with Crippen molar-refractivity contribution in [3.8, 4) is 34.5 Å². The third kappa shape index (κ3) is 22.4. The van der Waals surface area contributed by atoms with E-state index >= 15 is 0 Å². The molecule has 4 aliphatic rings. The Kier molecular flexibility index (Phi) is 29.5. The number of nitrogens with zero attached hydrogens (tertiary/aromatic N) is 3. The highest BCUT2D eigenvalue weighted by Gasteiger charge is 2.40. The van der Waals surface area contributed by atoms with Gasteiger partial charge in [0.15, 0.2) is 0 Å². The molecule has 0 radical (unpaired) electrons. The van der Waals surface area contributed by atoms with Crippen molar-refractivity contribution >= 4 is 33.4 Å². The first-order valence-electron chi connectivity index (χ1n) is 38.2. The lowest BCUT2D eigenvalue weighted by atomic mass is 9.86. The number of rotatable bonds is 30. The average molecular weight is 1410 g/mol. The van der Waals surface area contributed by atoms with Crippen molar-refractivity contribution < 1.29 is 44.8 Å². The third-order valence-corrected chi connectivity index (χ3v) is 21.1. The number of ether oxygens (including phenoxy) is 3. The molecule has 0 amide bonds. The van der Waals surface area contributed by atoms with E-state index < -0.39 is 0 Å². The van der Waals surface area contributed by atoms with Gasteiger partial charge in [0.2, 0.25) is 0 Å². The van der Waals surface area contributed by atoms with Crippen LogP contribution >= 0.6 is 0 Å².